The van der Waals surface area contributed by atoms with Crippen LogP contribution in [0.3, 0.4) is 0 Å². The van der Waals surface area contributed by atoms with E-state index in [1.54, 1.807) is 30.4 Å². The first-order chi connectivity index (χ1) is 5.93. The molecule has 0 saturated heterocycles. The van der Waals surface area contributed by atoms with Gasteiger partial charge in [-0.3, -0.25) is 4.98 Å². The predicted octanol–water partition coefficient (Wildman–Crippen LogP) is 1.87. The second-order valence-corrected chi connectivity index (χ2v) is 3.27. The van der Waals surface area contributed by atoms with Crippen molar-refractivity contribution in [3.05, 3.63) is 18.6 Å². The van der Waals surface area contributed by atoms with Gasteiger partial charge in [-0.1, -0.05) is 0 Å². The van der Waals surface area contributed by atoms with Crippen molar-refractivity contribution in [3.63, 3.8) is 0 Å². The molecule has 0 amide bonds. The summed E-state index contributed by atoms with van der Waals surface area (Å²) in [6.45, 7) is 0. The normalized spacial score (nSPS) is 9.25. The van der Waals surface area contributed by atoms with E-state index in [1.165, 1.54) is 0 Å². The Bertz CT molecular complexity index is 255. The Morgan fingerprint density at radius 1 is 1.50 bits per heavy atom. The van der Waals surface area contributed by atoms with E-state index in [2.05, 4.69) is 16.0 Å². The summed E-state index contributed by atoms with van der Waals surface area (Å²) in [5.41, 5.74) is 0. The van der Waals surface area contributed by atoms with Crippen molar-refractivity contribution < 1.29 is 0 Å². The Kier molecular flexibility index (Phi) is 4.17. The molecule has 4 heteroatoms. The van der Waals surface area contributed by atoms with Crippen molar-refractivity contribution in [1.29, 1.82) is 5.26 Å². The second-order valence-electron chi connectivity index (χ2n) is 2.15. The summed E-state index contributed by atoms with van der Waals surface area (Å²) in [7, 11) is 0. The van der Waals surface area contributed by atoms with Gasteiger partial charge in [0, 0.05) is 24.6 Å². The van der Waals surface area contributed by atoms with Gasteiger partial charge in [-0.2, -0.15) is 5.26 Å². The van der Waals surface area contributed by atoms with Crippen LogP contribution in [0.2, 0.25) is 0 Å². The number of rotatable bonds is 4. The molecule has 0 saturated carbocycles. The van der Waals surface area contributed by atoms with Gasteiger partial charge in [0.2, 0.25) is 0 Å². The molecule has 0 aromatic carbocycles. The number of unbranched alkanes of at least 4 members (excludes halogenated alkanes) is 1. The highest BCUT2D eigenvalue weighted by molar-refractivity contribution is 7.99. The Balaban J connectivity index is 2.21. The maximum Gasteiger partial charge on any atom is 0.114 e. The zero-order valence-electron chi connectivity index (χ0n) is 6.60. The molecule has 0 aliphatic heterocycles. The molecule has 1 heterocycles. The van der Waals surface area contributed by atoms with E-state index in [0.717, 1.165) is 17.2 Å². The van der Waals surface area contributed by atoms with Crippen molar-refractivity contribution in [2.75, 3.05) is 5.75 Å². The SMILES string of the molecule is N#CCCCSc1cnccn1. The van der Waals surface area contributed by atoms with Crippen LogP contribution in [0.15, 0.2) is 23.6 Å². The van der Waals surface area contributed by atoms with Gasteiger partial charge in [-0.05, 0) is 6.42 Å². The minimum Gasteiger partial charge on any atom is -0.260 e. The Morgan fingerprint density at radius 3 is 3.08 bits per heavy atom. The lowest BCUT2D eigenvalue weighted by molar-refractivity contribution is 0.973. The lowest BCUT2D eigenvalue weighted by atomic mass is 10.4. The molecule has 0 fully saturated rings. The quantitative estimate of drug-likeness (QED) is 0.523. The van der Waals surface area contributed by atoms with Crippen molar-refractivity contribution in [2.24, 2.45) is 0 Å². The number of aromatic nitrogens is 2. The predicted molar refractivity (Wildman–Crippen MR) is 47.6 cm³/mol. The largest absolute Gasteiger partial charge is 0.260 e. The van der Waals surface area contributed by atoms with E-state index in [9.17, 15) is 0 Å². The second kappa shape index (κ2) is 5.56. The summed E-state index contributed by atoms with van der Waals surface area (Å²) in [6.07, 6.45) is 6.59. The molecule has 0 aliphatic rings. The molecule has 1 rings (SSSR count). The van der Waals surface area contributed by atoms with Crippen molar-refractivity contribution >= 4 is 11.8 Å². The van der Waals surface area contributed by atoms with Crippen LogP contribution in [0.1, 0.15) is 12.8 Å². The summed E-state index contributed by atoms with van der Waals surface area (Å²) < 4.78 is 0. The molecule has 62 valence electrons. The first-order valence-corrected chi connectivity index (χ1v) is 4.68. The van der Waals surface area contributed by atoms with E-state index in [0.29, 0.717) is 6.42 Å². The molecule has 1 aromatic heterocycles. The Morgan fingerprint density at radius 2 is 2.42 bits per heavy atom. The molecule has 0 N–H and O–H groups in total. The number of nitrogens with zero attached hydrogens (tertiary/aromatic N) is 3. The van der Waals surface area contributed by atoms with Gasteiger partial charge >= 0.3 is 0 Å². The maximum atomic E-state index is 8.28. The van der Waals surface area contributed by atoms with E-state index in [1.807, 2.05) is 0 Å². The topological polar surface area (TPSA) is 49.6 Å². The minimum absolute atomic E-state index is 0.618. The number of thioether (sulfide) groups is 1. The van der Waals surface area contributed by atoms with Gasteiger partial charge in [-0.15, -0.1) is 11.8 Å². The average Bonchev–Trinajstić information content (AvgIpc) is 2.14. The fourth-order valence-electron chi connectivity index (χ4n) is 0.688. The highest BCUT2D eigenvalue weighted by Gasteiger charge is 1.93. The van der Waals surface area contributed by atoms with E-state index in [4.69, 9.17) is 5.26 Å². The van der Waals surface area contributed by atoms with Crippen LogP contribution in [0.4, 0.5) is 0 Å². The van der Waals surface area contributed by atoms with Crippen LogP contribution in [0, 0.1) is 11.3 Å². The smallest absolute Gasteiger partial charge is 0.114 e. The van der Waals surface area contributed by atoms with E-state index >= 15 is 0 Å². The average molecular weight is 179 g/mol. The van der Waals surface area contributed by atoms with Crippen LogP contribution in [0.5, 0.6) is 0 Å². The number of hydrogen-bond acceptors (Lipinski definition) is 4. The van der Waals surface area contributed by atoms with Crippen LogP contribution >= 0.6 is 11.8 Å². The molecule has 0 atom stereocenters. The third-order valence-electron chi connectivity index (χ3n) is 1.22. The molecule has 0 bridgehead atoms. The molecule has 0 radical (unpaired) electrons. The van der Waals surface area contributed by atoms with Gasteiger partial charge < -0.3 is 0 Å². The van der Waals surface area contributed by atoms with Crippen molar-refractivity contribution in [1.82, 2.24) is 9.97 Å². The number of nitriles is 1. The molecular weight excluding hydrogens is 170 g/mol. The van der Waals surface area contributed by atoms with E-state index in [-0.39, 0.29) is 0 Å². The van der Waals surface area contributed by atoms with Crippen LogP contribution in [-0.2, 0) is 0 Å². The first kappa shape index (κ1) is 9.01. The molecular formula is C8H9N3S. The fraction of sp³-hybridized carbons (Fsp3) is 0.375. The van der Waals surface area contributed by atoms with Gasteiger partial charge in [-0.25, -0.2) is 4.98 Å². The van der Waals surface area contributed by atoms with Gasteiger partial charge in [0.15, 0.2) is 0 Å². The monoisotopic (exact) mass is 179 g/mol. The standard InChI is InChI=1S/C8H9N3S/c9-3-1-2-6-12-8-7-10-4-5-11-8/h4-5,7H,1-2,6H2. The summed E-state index contributed by atoms with van der Waals surface area (Å²) in [5.74, 6) is 0.937. The van der Waals surface area contributed by atoms with Gasteiger partial charge in [0.1, 0.15) is 5.03 Å². The third-order valence-corrected chi connectivity index (χ3v) is 2.22. The van der Waals surface area contributed by atoms with Crippen LogP contribution < -0.4 is 0 Å². The lowest BCUT2D eigenvalue weighted by Gasteiger charge is -1.95. The Labute approximate surface area is 75.8 Å². The molecule has 12 heavy (non-hydrogen) atoms. The van der Waals surface area contributed by atoms with E-state index < -0.39 is 0 Å². The molecule has 0 unspecified atom stereocenters. The number of hydrogen-bond donors (Lipinski definition) is 0. The summed E-state index contributed by atoms with van der Waals surface area (Å²) >= 11 is 1.64. The highest BCUT2D eigenvalue weighted by Crippen LogP contribution is 2.14. The summed E-state index contributed by atoms with van der Waals surface area (Å²) in [4.78, 5) is 8.03. The highest BCUT2D eigenvalue weighted by atomic mass is 32.2. The minimum atomic E-state index is 0.618. The zero-order chi connectivity index (χ0) is 8.65. The lowest BCUT2D eigenvalue weighted by Crippen LogP contribution is -1.83. The van der Waals surface area contributed by atoms with Gasteiger partial charge in [0.25, 0.3) is 0 Å². The van der Waals surface area contributed by atoms with Gasteiger partial charge in [0.05, 0.1) is 12.3 Å². The summed E-state index contributed by atoms with van der Waals surface area (Å²) in [5, 5.41) is 9.20. The maximum absolute atomic E-state index is 8.28. The van der Waals surface area contributed by atoms with Crippen LogP contribution in [0.25, 0.3) is 0 Å². The third kappa shape index (κ3) is 3.35. The van der Waals surface area contributed by atoms with Crippen molar-refractivity contribution in [3.8, 4) is 6.07 Å². The molecule has 0 aliphatic carbocycles. The molecule has 3 nitrogen and oxygen atoms in total. The van der Waals surface area contributed by atoms with Crippen LogP contribution in [-0.4, -0.2) is 15.7 Å². The Hall–Kier alpha value is -1.08. The summed E-state index contributed by atoms with van der Waals surface area (Å²) in [6, 6.07) is 2.10. The first-order valence-electron chi connectivity index (χ1n) is 3.69. The van der Waals surface area contributed by atoms with Crippen molar-refractivity contribution in [2.45, 2.75) is 17.9 Å². The molecule has 0 spiro atoms. The zero-order valence-corrected chi connectivity index (χ0v) is 7.42. The molecule has 1 aromatic rings. The fourth-order valence-corrected chi connectivity index (χ4v) is 1.46.